The van der Waals surface area contributed by atoms with Crippen molar-refractivity contribution < 1.29 is 14.2 Å². The number of benzene rings is 1. The third-order valence-electron chi connectivity index (χ3n) is 4.40. The van der Waals surface area contributed by atoms with E-state index in [-0.39, 0.29) is 0 Å². The molecule has 0 aliphatic carbocycles. The van der Waals surface area contributed by atoms with Gasteiger partial charge in [-0.25, -0.2) is 4.98 Å². The van der Waals surface area contributed by atoms with Crippen LogP contribution in [0.5, 0.6) is 11.5 Å². The lowest BCUT2D eigenvalue weighted by Crippen LogP contribution is -2.29. The van der Waals surface area contributed by atoms with Crippen molar-refractivity contribution in [3.8, 4) is 11.5 Å². The van der Waals surface area contributed by atoms with Crippen molar-refractivity contribution in [2.45, 2.75) is 19.6 Å². The van der Waals surface area contributed by atoms with Crippen LogP contribution in [-0.2, 0) is 24.4 Å². The van der Waals surface area contributed by atoms with Gasteiger partial charge in [0.15, 0.2) is 11.5 Å². The maximum Gasteiger partial charge on any atom is 0.231 e. The van der Waals surface area contributed by atoms with Crippen LogP contribution >= 0.6 is 0 Å². The zero-order valence-electron chi connectivity index (χ0n) is 13.3. The third kappa shape index (κ3) is 3.04. The Hall–Kier alpha value is -2.05. The van der Waals surface area contributed by atoms with Crippen LogP contribution in [0.25, 0.3) is 0 Å². The van der Waals surface area contributed by atoms with Crippen molar-refractivity contribution >= 4 is 0 Å². The van der Waals surface area contributed by atoms with Crippen molar-refractivity contribution in [3.63, 3.8) is 0 Å². The van der Waals surface area contributed by atoms with Crippen LogP contribution in [0.4, 0.5) is 0 Å². The van der Waals surface area contributed by atoms with E-state index in [0.717, 1.165) is 44.3 Å². The molecule has 2 aliphatic heterocycles. The maximum atomic E-state index is 5.48. The molecule has 122 valence electrons. The monoisotopic (exact) mass is 315 g/mol. The van der Waals surface area contributed by atoms with Gasteiger partial charge in [-0.15, -0.1) is 0 Å². The molecule has 1 atom stereocenters. The first kappa shape index (κ1) is 14.5. The van der Waals surface area contributed by atoms with Gasteiger partial charge >= 0.3 is 0 Å². The second kappa shape index (κ2) is 6.22. The Labute approximate surface area is 135 Å². The molecule has 1 aromatic heterocycles. The minimum absolute atomic E-state index is 0.317. The Bertz CT molecular complexity index is 685. The molecule has 0 saturated heterocycles. The summed E-state index contributed by atoms with van der Waals surface area (Å²) in [5.74, 6) is 2.14. The van der Waals surface area contributed by atoms with Gasteiger partial charge in [-0.05, 0) is 17.7 Å². The zero-order chi connectivity index (χ0) is 15.6. The summed E-state index contributed by atoms with van der Waals surface area (Å²) in [5, 5.41) is 0. The Morgan fingerprint density at radius 3 is 3.09 bits per heavy atom. The van der Waals surface area contributed by atoms with Gasteiger partial charge in [0.05, 0.1) is 18.6 Å². The average Bonchev–Trinajstić information content (AvgIpc) is 3.13. The summed E-state index contributed by atoms with van der Waals surface area (Å²) in [5.41, 5.74) is 2.49. The normalized spacial score (nSPS) is 20.3. The topological polar surface area (TPSA) is 48.8 Å². The summed E-state index contributed by atoms with van der Waals surface area (Å²) in [7, 11) is 1.77. The van der Waals surface area contributed by atoms with Crippen LogP contribution in [0.15, 0.2) is 30.7 Å². The number of ether oxygens (including phenoxy) is 3. The molecule has 6 heteroatoms. The third-order valence-corrected chi connectivity index (χ3v) is 4.40. The second-order valence-corrected chi connectivity index (χ2v) is 6.22. The lowest BCUT2D eigenvalue weighted by molar-refractivity contribution is 0.115. The van der Waals surface area contributed by atoms with Gasteiger partial charge in [-0.1, -0.05) is 6.07 Å². The first-order valence-electron chi connectivity index (χ1n) is 7.90. The highest BCUT2D eigenvalue weighted by atomic mass is 16.7. The summed E-state index contributed by atoms with van der Waals surface area (Å²) < 4.78 is 18.5. The van der Waals surface area contributed by atoms with E-state index in [0.29, 0.717) is 12.7 Å². The minimum atomic E-state index is 0.317. The molecular weight excluding hydrogens is 294 g/mol. The number of aromatic nitrogens is 2. The summed E-state index contributed by atoms with van der Waals surface area (Å²) >= 11 is 0. The lowest BCUT2D eigenvalue weighted by atomic mass is 10.1. The molecule has 1 aromatic carbocycles. The van der Waals surface area contributed by atoms with Crippen molar-refractivity contribution in [1.29, 1.82) is 0 Å². The van der Waals surface area contributed by atoms with E-state index in [4.69, 9.17) is 14.2 Å². The van der Waals surface area contributed by atoms with Crippen LogP contribution in [0.1, 0.15) is 11.3 Å². The summed E-state index contributed by atoms with van der Waals surface area (Å²) in [6.45, 7) is 4.81. The van der Waals surface area contributed by atoms with Gasteiger partial charge in [0.1, 0.15) is 0 Å². The fourth-order valence-corrected chi connectivity index (χ4v) is 3.40. The van der Waals surface area contributed by atoms with Crippen molar-refractivity contribution in [1.82, 2.24) is 14.5 Å². The maximum absolute atomic E-state index is 5.48. The second-order valence-electron chi connectivity index (χ2n) is 6.22. The van der Waals surface area contributed by atoms with Crippen LogP contribution in [0.2, 0.25) is 0 Å². The van der Waals surface area contributed by atoms with Gasteiger partial charge in [-0.3, -0.25) is 4.90 Å². The Morgan fingerprint density at radius 1 is 1.26 bits per heavy atom. The molecule has 0 saturated carbocycles. The minimum Gasteiger partial charge on any atom is -0.454 e. The first-order chi connectivity index (χ1) is 11.3. The van der Waals surface area contributed by atoms with Crippen molar-refractivity contribution in [3.05, 3.63) is 42.0 Å². The lowest BCUT2D eigenvalue weighted by Gasteiger charge is -2.23. The number of hydrogen-bond acceptors (Lipinski definition) is 5. The molecule has 0 spiro atoms. The van der Waals surface area contributed by atoms with E-state index in [1.807, 2.05) is 18.6 Å². The molecule has 0 fully saturated rings. The highest BCUT2D eigenvalue weighted by Crippen LogP contribution is 2.33. The van der Waals surface area contributed by atoms with Gasteiger partial charge < -0.3 is 18.8 Å². The molecule has 0 radical (unpaired) electrons. The quantitative estimate of drug-likeness (QED) is 0.862. The Kier molecular flexibility index (Phi) is 3.93. The number of nitrogens with zero attached hydrogens (tertiary/aromatic N) is 3. The molecule has 2 aliphatic rings. The molecule has 4 rings (SSSR count). The molecule has 0 amide bonds. The van der Waals surface area contributed by atoms with E-state index < -0.39 is 0 Å². The molecular formula is C17H21N3O3. The molecule has 0 bridgehead atoms. The molecule has 23 heavy (non-hydrogen) atoms. The average molecular weight is 315 g/mol. The number of methoxy groups -OCH3 is 1. The molecule has 3 heterocycles. The highest BCUT2D eigenvalue weighted by molar-refractivity contribution is 5.44. The summed E-state index contributed by atoms with van der Waals surface area (Å²) in [6.07, 6.45) is 3.88. The number of hydrogen-bond donors (Lipinski definition) is 0. The summed E-state index contributed by atoms with van der Waals surface area (Å²) in [6, 6.07) is 6.18. The molecule has 6 nitrogen and oxygen atoms in total. The summed E-state index contributed by atoms with van der Waals surface area (Å²) in [4.78, 5) is 6.73. The predicted molar refractivity (Wildman–Crippen MR) is 84.3 cm³/mol. The van der Waals surface area contributed by atoms with Crippen LogP contribution in [0, 0.1) is 5.92 Å². The van der Waals surface area contributed by atoms with Crippen LogP contribution < -0.4 is 9.47 Å². The van der Waals surface area contributed by atoms with E-state index in [1.165, 1.54) is 11.3 Å². The van der Waals surface area contributed by atoms with E-state index in [9.17, 15) is 0 Å². The zero-order valence-corrected chi connectivity index (χ0v) is 13.3. The van der Waals surface area contributed by atoms with Gasteiger partial charge in [0.25, 0.3) is 0 Å². The highest BCUT2D eigenvalue weighted by Gasteiger charge is 2.22. The van der Waals surface area contributed by atoms with Crippen molar-refractivity contribution in [2.75, 3.05) is 27.1 Å². The Balaban J connectivity index is 1.53. The smallest absolute Gasteiger partial charge is 0.231 e. The number of imidazole rings is 1. The predicted octanol–water partition coefficient (Wildman–Crippen LogP) is 1.89. The standard InChI is InChI=1S/C17H21N3O3/c1-21-10-14-7-19(9-15-5-18-11-20(15)8-14)6-13-2-3-16-17(4-13)23-12-22-16/h2-5,11,14H,6-10,12H2,1H3. The van der Waals surface area contributed by atoms with Gasteiger partial charge in [0, 0.05) is 45.4 Å². The molecule has 2 aromatic rings. The van der Waals surface area contributed by atoms with Gasteiger partial charge in [-0.2, -0.15) is 0 Å². The molecule has 0 N–H and O–H groups in total. The Morgan fingerprint density at radius 2 is 2.17 bits per heavy atom. The fraction of sp³-hybridized carbons (Fsp3) is 0.471. The van der Waals surface area contributed by atoms with Gasteiger partial charge in [0.2, 0.25) is 6.79 Å². The SMILES string of the molecule is COCC1CN(Cc2ccc3c(c2)OCO3)Cc2cncn2C1. The number of rotatable bonds is 4. The van der Waals surface area contributed by atoms with Crippen LogP contribution in [0.3, 0.4) is 0 Å². The first-order valence-corrected chi connectivity index (χ1v) is 7.90. The van der Waals surface area contributed by atoms with Crippen molar-refractivity contribution in [2.24, 2.45) is 5.92 Å². The van der Waals surface area contributed by atoms with E-state index in [2.05, 4.69) is 26.6 Å². The van der Waals surface area contributed by atoms with E-state index in [1.54, 1.807) is 7.11 Å². The number of fused-ring (bicyclic) bond motifs is 2. The van der Waals surface area contributed by atoms with Crippen LogP contribution in [-0.4, -0.2) is 41.5 Å². The van der Waals surface area contributed by atoms with E-state index >= 15 is 0 Å². The largest absolute Gasteiger partial charge is 0.454 e. The fourth-order valence-electron chi connectivity index (χ4n) is 3.40. The molecule has 1 unspecified atom stereocenters.